The van der Waals surface area contributed by atoms with Gasteiger partial charge in [0.1, 0.15) is 12.3 Å². The van der Waals surface area contributed by atoms with Crippen LogP contribution in [0.4, 0.5) is 5.69 Å². The summed E-state index contributed by atoms with van der Waals surface area (Å²) in [5, 5.41) is 9.52. The third kappa shape index (κ3) is 9.10. The number of ether oxygens (including phenoxy) is 1. The van der Waals surface area contributed by atoms with Crippen molar-refractivity contribution in [2.24, 2.45) is 10.9 Å². The van der Waals surface area contributed by atoms with Gasteiger partial charge in [-0.05, 0) is 52.2 Å². The smallest absolute Gasteiger partial charge is 0.242 e. The fourth-order valence-electron chi connectivity index (χ4n) is 3.23. The number of nitrogens with one attached hydrogen (secondary N) is 3. The Morgan fingerprint density at radius 1 is 1.31 bits per heavy atom. The van der Waals surface area contributed by atoms with Crippen LogP contribution >= 0.6 is 24.0 Å². The van der Waals surface area contributed by atoms with Crippen LogP contribution in [-0.4, -0.2) is 57.2 Å². The van der Waals surface area contributed by atoms with Crippen LogP contribution < -0.4 is 25.6 Å². The Bertz CT molecular complexity index is 675. The molecule has 0 aromatic heterocycles. The van der Waals surface area contributed by atoms with Gasteiger partial charge in [-0.2, -0.15) is 0 Å². The fourth-order valence-corrected chi connectivity index (χ4v) is 3.23. The molecule has 3 N–H and O–H groups in total. The molecule has 29 heavy (non-hydrogen) atoms. The lowest BCUT2D eigenvalue weighted by Gasteiger charge is -2.21. The van der Waals surface area contributed by atoms with E-state index in [0.29, 0.717) is 11.9 Å². The van der Waals surface area contributed by atoms with Gasteiger partial charge in [0, 0.05) is 43.5 Å². The van der Waals surface area contributed by atoms with E-state index in [1.165, 1.54) is 5.69 Å². The molecule has 2 rings (SSSR count). The molecule has 1 fully saturated rings. The Kier molecular flexibility index (Phi) is 10.6. The highest BCUT2D eigenvalue weighted by atomic mass is 127. The van der Waals surface area contributed by atoms with Gasteiger partial charge in [-0.15, -0.1) is 24.0 Å². The fraction of sp³-hybridized carbons (Fsp3) is 0.619. The number of aliphatic imine (C=N–C) groups is 1. The first-order valence-corrected chi connectivity index (χ1v) is 10.0. The molecule has 1 unspecified atom stereocenters. The second-order valence-electron chi connectivity index (χ2n) is 8.18. The maximum absolute atomic E-state index is 12.0. The number of rotatable bonds is 7. The molecular formula is C21H36IN5O2. The summed E-state index contributed by atoms with van der Waals surface area (Å²) >= 11 is 0. The Morgan fingerprint density at radius 2 is 2.07 bits per heavy atom. The summed E-state index contributed by atoms with van der Waals surface area (Å²) in [7, 11) is 1.69. The van der Waals surface area contributed by atoms with Gasteiger partial charge in [-0.1, -0.05) is 6.07 Å². The topological polar surface area (TPSA) is 78.0 Å². The Balaban J connectivity index is 0.00000420. The monoisotopic (exact) mass is 517 g/mol. The van der Waals surface area contributed by atoms with Crippen LogP contribution in [0.1, 0.15) is 34.1 Å². The summed E-state index contributed by atoms with van der Waals surface area (Å²) in [5.74, 6) is 2.02. The minimum absolute atomic E-state index is 0. The second kappa shape index (κ2) is 12.1. The van der Waals surface area contributed by atoms with E-state index in [2.05, 4.69) is 38.0 Å². The summed E-state index contributed by atoms with van der Waals surface area (Å²) in [5.41, 5.74) is 0.951. The third-order valence-corrected chi connectivity index (χ3v) is 4.50. The molecule has 1 aromatic rings. The van der Waals surface area contributed by atoms with Crippen LogP contribution in [0.3, 0.4) is 0 Å². The van der Waals surface area contributed by atoms with Gasteiger partial charge in [0.2, 0.25) is 5.91 Å². The Hall–Kier alpha value is -1.71. The van der Waals surface area contributed by atoms with Gasteiger partial charge in [0.25, 0.3) is 0 Å². The minimum atomic E-state index is -0.244. The lowest BCUT2D eigenvalue weighted by Crippen LogP contribution is -2.44. The first-order valence-electron chi connectivity index (χ1n) is 10.0. The predicted octanol–water partition coefficient (Wildman–Crippen LogP) is 2.61. The van der Waals surface area contributed by atoms with Crippen molar-refractivity contribution in [1.82, 2.24) is 16.0 Å². The number of amides is 1. The number of methoxy groups -OCH3 is 1. The van der Waals surface area contributed by atoms with Crippen molar-refractivity contribution in [3.05, 3.63) is 24.3 Å². The van der Waals surface area contributed by atoms with E-state index in [1.807, 2.05) is 39.8 Å². The average Bonchev–Trinajstić information content (AvgIpc) is 3.12. The van der Waals surface area contributed by atoms with Crippen molar-refractivity contribution in [1.29, 1.82) is 0 Å². The zero-order valence-electron chi connectivity index (χ0n) is 18.2. The van der Waals surface area contributed by atoms with Crippen molar-refractivity contribution in [3.63, 3.8) is 0 Å². The standard InChI is InChI=1S/C21H35N5O2.HI/c1-6-22-20(24-14-19(27)25-21(2,3)4)23-13-16-10-11-26(15-16)17-8-7-9-18(12-17)28-5;/h7-9,12,16H,6,10-11,13-15H2,1-5H3,(H,25,27)(H2,22,23,24);1H. The van der Waals surface area contributed by atoms with E-state index in [-0.39, 0.29) is 42.0 Å². The van der Waals surface area contributed by atoms with Gasteiger partial charge in [-0.25, -0.2) is 4.99 Å². The summed E-state index contributed by atoms with van der Waals surface area (Å²) in [4.78, 5) is 18.8. The number of carbonyl (C=O) groups excluding carboxylic acids is 1. The van der Waals surface area contributed by atoms with Crippen molar-refractivity contribution < 1.29 is 9.53 Å². The summed E-state index contributed by atoms with van der Waals surface area (Å²) in [6.45, 7) is 11.6. The van der Waals surface area contributed by atoms with Crippen molar-refractivity contribution >= 4 is 41.5 Å². The quantitative estimate of drug-likeness (QED) is 0.295. The molecule has 0 spiro atoms. The number of anilines is 1. The van der Waals surface area contributed by atoms with Crippen LogP contribution in [0.2, 0.25) is 0 Å². The van der Waals surface area contributed by atoms with E-state index in [9.17, 15) is 4.79 Å². The number of benzene rings is 1. The highest BCUT2D eigenvalue weighted by Crippen LogP contribution is 2.26. The Morgan fingerprint density at radius 3 is 2.72 bits per heavy atom. The maximum atomic E-state index is 12.0. The largest absolute Gasteiger partial charge is 0.497 e. The predicted molar refractivity (Wildman–Crippen MR) is 131 cm³/mol. The highest BCUT2D eigenvalue weighted by Gasteiger charge is 2.23. The first kappa shape index (κ1) is 25.3. The molecule has 0 bridgehead atoms. The van der Waals surface area contributed by atoms with Crippen LogP contribution in [-0.2, 0) is 4.79 Å². The highest BCUT2D eigenvalue weighted by molar-refractivity contribution is 14.0. The number of carbonyl (C=O) groups is 1. The van der Waals surface area contributed by atoms with Crippen molar-refractivity contribution in [3.8, 4) is 5.75 Å². The van der Waals surface area contributed by atoms with E-state index in [0.717, 1.165) is 38.3 Å². The number of guanidine groups is 1. The SMILES string of the molecule is CCNC(=NCC(=O)NC(C)(C)C)NCC1CCN(c2cccc(OC)c2)C1.I. The summed E-state index contributed by atoms with van der Waals surface area (Å²) in [6.07, 6.45) is 1.12. The molecule has 8 heteroatoms. The summed E-state index contributed by atoms with van der Waals surface area (Å²) in [6, 6.07) is 8.19. The van der Waals surface area contributed by atoms with E-state index >= 15 is 0 Å². The zero-order valence-corrected chi connectivity index (χ0v) is 20.6. The molecule has 1 amide bonds. The minimum Gasteiger partial charge on any atom is -0.497 e. The first-order chi connectivity index (χ1) is 13.3. The second-order valence-corrected chi connectivity index (χ2v) is 8.18. The number of hydrogen-bond acceptors (Lipinski definition) is 4. The molecule has 164 valence electrons. The van der Waals surface area contributed by atoms with Crippen LogP contribution in [0, 0.1) is 5.92 Å². The molecule has 1 heterocycles. The number of hydrogen-bond donors (Lipinski definition) is 3. The molecule has 0 aliphatic carbocycles. The van der Waals surface area contributed by atoms with Gasteiger partial charge in [0.15, 0.2) is 5.96 Å². The van der Waals surface area contributed by atoms with E-state index in [4.69, 9.17) is 4.74 Å². The molecule has 1 aliphatic heterocycles. The van der Waals surface area contributed by atoms with Crippen LogP contribution in [0.25, 0.3) is 0 Å². The molecular weight excluding hydrogens is 481 g/mol. The molecule has 0 saturated carbocycles. The van der Waals surface area contributed by atoms with Crippen LogP contribution in [0.5, 0.6) is 5.75 Å². The van der Waals surface area contributed by atoms with Gasteiger partial charge in [0.05, 0.1) is 7.11 Å². The molecule has 1 saturated heterocycles. The van der Waals surface area contributed by atoms with E-state index < -0.39 is 0 Å². The lowest BCUT2D eigenvalue weighted by atomic mass is 10.1. The Labute approximate surface area is 192 Å². The normalized spacial score (nSPS) is 16.8. The van der Waals surface area contributed by atoms with Crippen molar-refractivity contribution in [2.75, 3.05) is 44.7 Å². The average molecular weight is 517 g/mol. The van der Waals surface area contributed by atoms with Gasteiger partial charge in [-0.3, -0.25) is 4.79 Å². The zero-order chi connectivity index (χ0) is 20.6. The molecule has 1 atom stereocenters. The van der Waals surface area contributed by atoms with Crippen molar-refractivity contribution in [2.45, 2.75) is 39.7 Å². The molecule has 1 aromatic carbocycles. The lowest BCUT2D eigenvalue weighted by molar-refractivity contribution is -0.121. The summed E-state index contributed by atoms with van der Waals surface area (Å²) < 4.78 is 5.33. The van der Waals surface area contributed by atoms with Gasteiger partial charge < -0.3 is 25.6 Å². The molecule has 1 aliphatic rings. The number of nitrogens with zero attached hydrogens (tertiary/aromatic N) is 2. The van der Waals surface area contributed by atoms with Crippen LogP contribution in [0.15, 0.2) is 29.3 Å². The third-order valence-electron chi connectivity index (χ3n) is 4.50. The maximum Gasteiger partial charge on any atom is 0.242 e. The number of halogens is 1. The van der Waals surface area contributed by atoms with Gasteiger partial charge >= 0.3 is 0 Å². The van der Waals surface area contributed by atoms with E-state index in [1.54, 1.807) is 7.11 Å². The molecule has 7 nitrogen and oxygen atoms in total. The molecule has 0 radical (unpaired) electrons.